The van der Waals surface area contributed by atoms with Crippen molar-refractivity contribution in [3.63, 3.8) is 0 Å². The zero-order chi connectivity index (χ0) is 16.5. The zero-order valence-electron chi connectivity index (χ0n) is 14.9. The fraction of sp³-hybridized carbons (Fsp3) is 0.941. The highest BCUT2D eigenvalue weighted by atomic mass is 16.5. The molecule has 2 aliphatic rings. The number of likely N-dealkylation sites (N-methyl/N-ethyl adjacent to an activating group) is 1. The number of ether oxygens (including phenoxy) is 1. The standard InChI is InChI=1S/C17H34N4O2/c1-3-19(4-2)13-14-23-16-5-9-20(15-16)10-6-17(22)21-11-7-18-8-12-21/h16,18H,3-15H2,1-2H3. The molecule has 2 aliphatic heterocycles. The van der Waals surface area contributed by atoms with Crippen LogP contribution in [0.25, 0.3) is 0 Å². The Balaban J connectivity index is 1.57. The molecule has 0 saturated carbocycles. The molecule has 1 amide bonds. The second kappa shape index (κ2) is 10.2. The van der Waals surface area contributed by atoms with Crippen molar-refractivity contribution in [3.05, 3.63) is 0 Å². The van der Waals surface area contributed by atoms with Crippen LogP contribution in [-0.4, -0.2) is 98.8 Å². The van der Waals surface area contributed by atoms with Gasteiger partial charge in [-0.1, -0.05) is 13.8 Å². The number of nitrogens with one attached hydrogen (secondary N) is 1. The molecule has 0 bridgehead atoms. The highest BCUT2D eigenvalue weighted by Gasteiger charge is 2.24. The highest BCUT2D eigenvalue weighted by molar-refractivity contribution is 5.76. The lowest BCUT2D eigenvalue weighted by Gasteiger charge is -2.28. The molecule has 0 aromatic rings. The first-order valence-corrected chi connectivity index (χ1v) is 9.27. The normalized spacial score (nSPS) is 22.9. The Morgan fingerprint density at radius 3 is 2.65 bits per heavy atom. The summed E-state index contributed by atoms with van der Waals surface area (Å²) < 4.78 is 6.00. The van der Waals surface area contributed by atoms with Crippen molar-refractivity contribution < 1.29 is 9.53 Å². The maximum absolute atomic E-state index is 12.2. The van der Waals surface area contributed by atoms with E-state index in [9.17, 15) is 4.79 Å². The minimum Gasteiger partial charge on any atom is -0.376 e. The molecule has 2 rings (SSSR count). The Labute approximate surface area is 141 Å². The largest absolute Gasteiger partial charge is 0.376 e. The van der Waals surface area contributed by atoms with Crippen LogP contribution < -0.4 is 5.32 Å². The van der Waals surface area contributed by atoms with Gasteiger partial charge < -0.3 is 24.8 Å². The molecule has 1 atom stereocenters. The maximum atomic E-state index is 12.2. The Morgan fingerprint density at radius 2 is 1.96 bits per heavy atom. The SMILES string of the molecule is CCN(CC)CCOC1CCN(CCC(=O)N2CCNCC2)C1. The van der Waals surface area contributed by atoms with Crippen LogP contribution in [0.15, 0.2) is 0 Å². The van der Waals surface area contributed by atoms with Gasteiger partial charge in [0.1, 0.15) is 0 Å². The molecule has 2 heterocycles. The van der Waals surface area contributed by atoms with Crippen molar-refractivity contribution >= 4 is 5.91 Å². The summed E-state index contributed by atoms with van der Waals surface area (Å²) >= 11 is 0. The van der Waals surface area contributed by atoms with Crippen molar-refractivity contribution in [2.24, 2.45) is 0 Å². The molecular formula is C17H34N4O2. The lowest BCUT2D eigenvalue weighted by Crippen LogP contribution is -2.47. The van der Waals surface area contributed by atoms with Gasteiger partial charge in [0.2, 0.25) is 5.91 Å². The van der Waals surface area contributed by atoms with E-state index >= 15 is 0 Å². The average molecular weight is 326 g/mol. The number of rotatable bonds is 9. The quantitative estimate of drug-likeness (QED) is 0.658. The van der Waals surface area contributed by atoms with Gasteiger partial charge in [-0.15, -0.1) is 0 Å². The molecule has 0 radical (unpaired) electrons. The summed E-state index contributed by atoms with van der Waals surface area (Å²) in [6.07, 6.45) is 2.09. The highest BCUT2D eigenvalue weighted by Crippen LogP contribution is 2.13. The maximum Gasteiger partial charge on any atom is 0.223 e. The third-order valence-electron chi connectivity index (χ3n) is 5.00. The Bertz CT molecular complexity index is 343. The van der Waals surface area contributed by atoms with Crippen LogP contribution in [0.5, 0.6) is 0 Å². The van der Waals surface area contributed by atoms with E-state index in [0.717, 1.165) is 78.5 Å². The minimum atomic E-state index is 0.303. The first-order valence-electron chi connectivity index (χ1n) is 9.27. The third kappa shape index (κ3) is 6.37. The first kappa shape index (κ1) is 18.6. The van der Waals surface area contributed by atoms with Crippen LogP contribution in [0.4, 0.5) is 0 Å². The minimum absolute atomic E-state index is 0.303. The lowest BCUT2D eigenvalue weighted by atomic mass is 10.3. The van der Waals surface area contributed by atoms with Crippen molar-refractivity contribution in [1.29, 1.82) is 0 Å². The van der Waals surface area contributed by atoms with E-state index < -0.39 is 0 Å². The predicted octanol–water partition coefficient (Wildman–Crippen LogP) is 0.241. The molecule has 1 N–H and O–H groups in total. The summed E-state index contributed by atoms with van der Waals surface area (Å²) in [5, 5.41) is 3.28. The fourth-order valence-corrected chi connectivity index (χ4v) is 3.35. The number of hydrogen-bond acceptors (Lipinski definition) is 5. The molecule has 2 fully saturated rings. The summed E-state index contributed by atoms with van der Waals surface area (Å²) in [5.41, 5.74) is 0. The van der Waals surface area contributed by atoms with Crippen LogP contribution in [0.1, 0.15) is 26.7 Å². The van der Waals surface area contributed by atoms with Crippen LogP contribution >= 0.6 is 0 Å². The number of amides is 1. The molecule has 1 unspecified atom stereocenters. The molecule has 6 nitrogen and oxygen atoms in total. The number of carbonyl (C=O) groups excluding carboxylic acids is 1. The van der Waals surface area contributed by atoms with Gasteiger partial charge in [-0.2, -0.15) is 0 Å². The summed E-state index contributed by atoms with van der Waals surface area (Å²) in [4.78, 5) is 18.9. The van der Waals surface area contributed by atoms with Gasteiger partial charge in [0.25, 0.3) is 0 Å². The topological polar surface area (TPSA) is 48.1 Å². The number of piperazine rings is 1. The number of hydrogen-bond donors (Lipinski definition) is 1. The molecule has 23 heavy (non-hydrogen) atoms. The Kier molecular flexibility index (Phi) is 8.30. The average Bonchev–Trinajstić information content (AvgIpc) is 3.05. The monoisotopic (exact) mass is 326 g/mol. The summed E-state index contributed by atoms with van der Waals surface area (Å²) in [5.74, 6) is 0.303. The second-order valence-corrected chi connectivity index (χ2v) is 6.49. The van der Waals surface area contributed by atoms with Crippen LogP contribution in [0.2, 0.25) is 0 Å². The Hall–Kier alpha value is -0.690. The van der Waals surface area contributed by atoms with Gasteiger partial charge in [0.05, 0.1) is 12.7 Å². The number of carbonyl (C=O) groups is 1. The second-order valence-electron chi connectivity index (χ2n) is 6.49. The van der Waals surface area contributed by atoms with Gasteiger partial charge in [-0.3, -0.25) is 4.79 Å². The van der Waals surface area contributed by atoms with Crippen LogP contribution in [-0.2, 0) is 9.53 Å². The van der Waals surface area contributed by atoms with Crippen LogP contribution in [0, 0.1) is 0 Å². The van der Waals surface area contributed by atoms with E-state index in [4.69, 9.17) is 4.74 Å². The van der Waals surface area contributed by atoms with E-state index in [0.29, 0.717) is 18.4 Å². The molecule has 0 spiro atoms. The Morgan fingerprint density at radius 1 is 1.22 bits per heavy atom. The summed E-state index contributed by atoms with van der Waals surface area (Å²) in [6.45, 7) is 14.9. The number of nitrogens with zero attached hydrogens (tertiary/aromatic N) is 3. The van der Waals surface area contributed by atoms with Crippen molar-refractivity contribution in [1.82, 2.24) is 20.0 Å². The van der Waals surface area contributed by atoms with Gasteiger partial charge in [-0.05, 0) is 19.5 Å². The van der Waals surface area contributed by atoms with E-state index in [2.05, 4.69) is 29.0 Å². The van der Waals surface area contributed by atoms with Crippen LogP contribution in [0.3, 0.4) is 0 Å². The first-order chi connectivity index (χ1) is 11.2. The number of likely N-dealkylation sites (tertiary alicyclic amines) is 1. The summed E-state index contributed by atoms with van der Waals surface area (Å²) in [6, 6.07) is 0. The van der Waals surface area contributed by atoms with E-state index in [1.165, 1.54) is 0 Å². The predicted molar refractivity (Wildman–Crippen MR) is 92.7 cm³/mol. The molecule has 0 aromatic heterocycles. The zero-order valence-corrected chi connectivity index (χ0v) is 14.9. The summed E-state index contributed by atoms with van der Waals surface area (Å²) in [7, 11) is 0. The van der Waals surface area contributed by atoms with Gasteiger partial charge in [-0.25, -0.2) is 0 Å². The molecule has 0 aliphatic carbocycles. The van der Waals surface area contributed by atoms with Crippen molar-refractivity contribution in [2.45, 2.75) is 32.8 Å². The fourth-order valence-electron chi connectivity index (χ4n) is 3.35. The van der Waals surface area contributed by atoms with Gasteiger partial charge >= 0.3 is 0 Å². The van der Waals surface area contributed by atoms with E-state index in [-0.39, 0.29) is 0 Å². The van der Waals surface area contributed by atoms with Crippen molar-refractivity contribution in [3.8, 4) is 0 Å². The smallest absolute Gasteiger partial charge is 0.223 e. The third-order valence-corrected chi connectivity index (χ3v) is 5.00. The van der Waals surface area contributed by atoms with Gasteiger partial charge in [0.15, 0.2) is 0 Å². The van der Waals surface area contributed by atoms with E-state index in [1.54, 1.807) is 0 Å². The molecule has 134 valence electrons. The lowest BCUT2D eigenvalue weighted by molar-refractivity contribution is -0.132. The van der Waals surface area contributed by atoms with Crippen molar-refractivity contribution in [2.75, 3.05) is 72.1 Å². The molecule has 6 heteroatoms. The van der Waals surface area contributed by atoms with E-state index in [1.807, 2.05) is 4.90 Å². The molecule has 0 aromatic carbocycles. The van der Waals surface area contributed by atoms with Gasteiger partial charge in [0, 0.05) is 58.8 Å². The molecule has 2 saturated heterocycles. The molecular weight excluding hydrogens is 292 g/mol.